The predicted molar refractivity (Wildman–Crippen MR) is 99.2 cm³/mol. The van der Waals surface area contributed by atoms with Crippen LogP contribution in [0.2, 0.25) is 0 Å². The third kappa shape index (κ3) is 4.73. The highest BCUT2D eigenvalue weighted by Crippen LogP contribution is 2.24. The first kappa shape index (κ1) is 18.2. The summed E-state index contributed by atoms with van der Waals surface area (Å²) in [5.74, 6) is 0.571. The Kier molecular flexibility index (Phi) is 6.32. The summed E-state index contributed by atoms with van der Waals surface area (Å²) < 4.78 is 0. The highest BCUT2D eigenvalue weighted by molar-refractivity contribution is 5.82. The monoisotopic (exact) mass is 345 g/mol. The molecule has 3 atom stereocenters. The quantitative estimate of drug-likeness (QED) is 0.742. The van der Waals surface area contributed by atoms with Crippen LogP contribution in [0.1, 0.15) is 57.4 Å². The standard InChI is InChI=1S/C20H31N3O2/c1-2-5-16-14-19(22-21-16)20(25)23-13-4-3-6-17(23)10-7-15-8-11-18(24)12-9-15/h8-9,11-12,16-17,19,21-22,24H,2-7,10,13-14H2,1H3. The number of hydrazine groups is 1. The molecule has 3 unspecified atom stereocenters. The van der Waals surface area contributed by atoms with E-state index in [-0.39, 0.29) is 11.9 Å². The molecule has 5 heteroatoms. The molecular weight excluding hydrogens is 314 g/mol. The minimum atomic E-state index is -0.0779. The van der Waals surface area contributed by atoms with Gasteiger partial charge in [-0.1, -0.05) is 25.5 Å². The van der Waals surface area contributed by atoms with Gasteiger partial charge in [0, 0.05) is 18.6 Å². The van der Waals surface area contributed by atoms with Gasteiger partial charge in [-0.15, -0.1) is 0 Å². The molecule has 0 radical (unpaired) electrons. The number of amides is 1. The van der Waals surface area contributed by atoms with Crippen molar-refractivity contribution in [2.24, 2.45) is 0 Å². The van der Waals surface area contributed by atoms with Gasteiger partial charge in [0.25, 0.3) is 0 Å². The van der Waals surface area contributed by atoms with Crippen molar-refractivity contribution < 1.29 is 9.90 Å². The first-order chi connectivity index (χ1) is 12.2. The van der Waals surface area contributed by atoms with Crippen molar-refractivity contribution in [2.45, 2.75) is 76.4 Å². The summed E-state index contributed by atoms with van der Waals surface area (Å²) in [6.07, 6.45) is 8.51. The lowest BCUT2D eigenvalue weighted by Gasteiger charge is -2.37. The molecule has 3 rings (SSSR count). The number of carbonyl (C=O) groups excluding carboxylic acids is 1. The fourth-order valence-electron chi connectivity index (χ4n) is 4.11. The number of piperidine rings is 1. The minimum Gasteiger partial charge on any atom is -0.508 e. The van der Waals surface area contributed by atoms with Gasteiger partial charge in [-0.05, 0) is 62.6 Å². The Labute approximate surface area is 150 Å². The van der Waals surface area contributed by atoms with Crippen molar-refractivity contribution in [3.63, 3.8) is 0 Å². The molecule has 0 aromatic heterocycles. The number of hydrogen-bond acceptors (Lipinski definition) is 4. The van der Waals surface area contributed by atoms with Crippen LogP contribution in [-0.4, -0.2) is 40.6 Å². The van der Waals surface area contributed by atoms with Crippen LogP contribution in [0.25, 0.3) is 0 Å². The Hall–Kier alpha value is -1.59. The third-order valence-corrected chi connectivity index (χ3v) is 5.53. The van der Waals surface area contributed by atoms with Crippen molar-refractivity contribution in [1.82, 2.24) is 15.8 Å². The summed E-state index contributed by atoms with van der Waals surface area (Å²) in [6.45, 7) is 3.07. The SMILES string of the molecule is CCCC1CC(C(=O)N2CCCCC2CCc2ccc(O)cc2)NN1. The second-order valence-corrected chi connectivity index (χ2v) is 7.45. The number of likely N-dealkylation sites (tertiary alicyclic amines) is 1. The number of hydrogen-bond donors (Lipinski definition) is 3. The zero-order valence-electron chi connectivity index (χ0n) is 15.2. The van der Waals surface area contributed by atoms with Crippen LogP contribution in [0.15, 0.2) is 24.3 Å². The largest absolute Gasteiger partial charge is 0.508 e. The number of nitrogens with one attached hydrogen (secondary N) is 2. The van der Waals surface area contributed by atoms with Crippen LogP contribution in [0.3, 0.4) is 0 Å². The van der Waals surface area contributed by atoms with Crippen LogP contribution in [0.4, 0.5) is 0 Å². The molecular formula is C20H31N3O2. The van der Waals surface area contributed by atoms with E-state index in [1.807, 2.05) is 12.1 Å². The first-order valence-corrected chi connectivity index (χ1v) is 9.77. The van der Waals surface area contributed by atoms with Crippen LogP contribution in [-0.2, 0) is 11.2 Å². The van der Waals surface area contributed by atoms with Gasteiger partial charge in [0.2, 0.25) is 5.91 Å². The third-order valence-electron chi connectivity index (χ3n) is 5.53. The molecule has 2 aliphatic rings. The molecule has 25 heavy (non-hydrogen) atoms. The molecule has 2 heterocycles. The molecule has 5 nitrogen and oxygen atoms in total. The summed E-state index contributed by atoms with van der Waals surface area (Å²) in [4.78, 5) is 15.1. The van der Waals surface area contributed by atoms with Gasteiger partial charge in [-0.3, -0.25) is 10.2 Å². The highest BCUT2D eigenvalue weighted by atomic mass is 16.3. The Morgan fingerprint density at radius 3 is 2.76 bits per heavy atom. The van der Waals surface area contributed by atoms with Gasteiger partial charge in [0.05, 0.1) is 0 Å². The van der Waals surface area contributed by atoms with E-state index in [4.69, 9.17) is 0 Å². The molecule has 2 fully saturated rings. The van der Waals surface area contributed by atoms with Crippen molar-refractivity contribution in [3.8, 4) is 5.75 Å². The van der Waals surface area contributed by atoms with E-state index in [0.717, 1.165) is 51.5 Å². The van der Waals surface area contributed by atoms with Gasteiger partial charge in [0.15, 0.2) is 0 Å². The topological polar surface area (TPSA) is 64.6 Å². The van der Waals surface area contributed by atoms with Crippen LogP contribution < -0.4 is 10.9 Å². The zero-order chi connectivity index (χ0) is 17.6. The van der Waals surface area contributed by atoms with Crippen LogP contribution in [0.5, 0.6) is 5.75 Å². The van der Waals surface area contributed by atoms with Gasteiger partial charge >= 0.3 is 0 Å². The molecule has 0 aliphatic carbocycles. The summed E-state index contributed by atoms with van der Waals surface area (Å²) in [5.41, 5.74) is 7.73. The molecule has 1 aromatic carbocycles. The fraction of sp³-hybridized carbons (Fsp3) is 0.650. The van der Waals surface area contributed by atoms with Gasteiger partial charge in [0.1, 0.15) is 11.8 Å². The van der Waals surface area contributed by atoms with Crippen molar-refractivity contribution in [1.29, 1.82) is 0 Å². The lowest BCUT2D eigenvalue weighted by Crippen LogP contribution is -2.51. The number of benzene rings is 1. The summed E-state index contributed by atoms with van der Waals surface area (Å²) in [5, 5.41) is 9.40. The zero-order valence-corrected chi connectivity index (χ0v) is 15.2. The predicted octanol–water partition coefficient (Wildman–Crippen LogP) is 2.74. The number of phenolic OH excluding ortho intramolecular Hbond substituents is 1. The minimum absolute atomic E-state index is 0.0779. The molecule has 1 amide bonds. The molecule has 0 saturated carbocycles. The lowest BCUT2D eigenvalue weighted by atomic mass is 9.94. The Balaban J connectivity index is 1.56. The molecule has 0 spiro atoms. The maximum atomic E-state index is 13.0. The van der Waals surface area contributed by atoms with Crippen molar-refractivity contribution in [2.75, 3.05) is 6.54 Å². The van der Waals surface area contributed by atoms with Crippen molar-refractivity contribution in [3.05, 3.63) is 29.8 Å². The second-order valence-electron chi connectivity index (χ2n) is 7.45. The smallest absolute Gasteiger partial charge is 0.241 e. The first-order valence-electron chi connectivity index (χ1n) is 9.77. The number of aryl methyl sites for hydroxylation is 1. The highest BCUT2D eigenvalue weighted by Gasteiger charge is 2.35. The van der Waals surface area contributed by atoms with E-state index in [1.54, 1.807) is 12.1 Å². The van der Waals surface area contributed by atoms with E-state index in [2.05, 4.69) is 22.7 Å². The van der Waals surface area contributed by atoms with Crippen LogP contribution >= 0.6 is 0 Å². The lowest BCUT2D eigenvalue weighted by molar-refractivity contribution is -0.137. The maximum Gasteiger partial charge on any atom is 0.241 e. The summed E-state index contributed by atoms with van der Waals surface area (Å²) in [6, 6.07) is 8.10. The molecule has 138 valence electrons. The van der Waals surface area contributed by atoms with Gasteiger partial charge in [-0.2, -0.15) is 0 Å². The Morgan fingerprint density at radius 1 is 1.20 bits per heavy atom. The van der Waals surface area contributed by atoms with Crippen LogP contribution in [0, 0.1) is 0 Å². The van der Waals surface area contributed by atoms with Crippen molar-refractivity contribution >= 4 is 5.91 Å². The molecule has 1 aromatic rings. The second kappa shape index (κ2) is 8.68. The van der Waals surface area contributed by atoms with Gasteiger partial charge in [-0.25, -0.2) is 5.43 Å². The fourth-order valence-corrected chi connectivity index (χ4v) is 4.11. The van der Waals surface area contributed by atoms with E-state index < -0.39 is 0 Å². The Bertz CT molecular complexity index is 561. The number of phenols is 1. The number of aromatic hydroxyl groups is 1. The van der Waals surface area contributed by atoms with Gasteiger partial charge < -0.3 is 10.0 Å². The molecule has 2 saturated heterocycles. The van der Waals surface area contributed by atoms with E-state index in [1.165, 1.54) is 12.0 Å². The summed E-state index contributed by atoms with van der Waals surface area (Å²) >= 11 is 0. The average molecular weight is 345 g/mol. The Morgan fingerprint density at radius 2 is 2.00 bits per heavy atom. The normalized spacial score (nSPS) is 26.8. The molecule has 2 aliphatic heterocycles. The van der Waals surface area contributed by atoms with E-state index >= 15 is 0 Å². The van der Waals surface area contributed by atoms with E-state index in [9.17, 15) is 9.90 Å². The average Bonchev–Trinajstić information content (AvgIpc) is 3.10. The number of rotatable bonds is 6. The molecule has 3 N–H and O–H groups in total. The number of carbonyl (C=O) groups is 1. The maximum absolute atomic E-state index is 13.0. The summed E-state index contributed by atoms with van der Waals surface area (Å²) in [7, 11) is 0. The van der Waals surface area contributed by atoms with E-state index in [0.29, 0.717) is 17.8 Å². The molecule has 0 bridgehead atoms. The number of nitrogens with zero attached hydrogens (tertiary/aromatic N) is 1.